The van der Waals surface area contributed by atoms with Crippen molar-refractivity contribution in [1.29, 1.82) is 0 Å². The molecule has 1 unspecified atom stereocenters. The summed E-state index contributed by atoms with van der Waals surface area (Å²) in [6.07, 6.45) is -0.296. The van der Waals surface area contributed by atoms with Crippen molar-refractivity contribution in [3.63, 3.8) is 0 Å². The molecule has 0 aliphatic heterocycles. The summed E-state index contributed by atoms with van der Waals surface area (Å²) in [5.74, 6) is 0.356. The van der Waals surface area contributed by atoms with Crippen molar-refractivity contribution in [2.45, 2.75) is 40.2 Å². The molecule has 1 aromatic carbocycles. The van der Waals surface area contributed by atoms with Gasteiger partial charge in [-0.05, 0) is 36.1 Å². The van der Waals surface area contributed by atoms with Crippen LogP contribution in [0.5, 0.6) is 0 Å². The van der Waals surface area contributed by atoms with Crippen LogP contribution < -0.4 is 0 Å². The minimum Gasteiger partial charge on any atom is -0.392 e. The van der Waals surface area contributed by atoms with Crippen molar-refractivity contribution in [2.75, 3.05) is 0 Å². The smallest absolute Gasteiger partial charge is 0.229 e. The lowest BCUT2D eigenvalue weighted by molar-refractivity contribution is 0.0565. The number of halogens is 1. The van der Waals surface area contributed by atoms with E-state index in [1.165, 1.54) is 12.1 Å². The van der Waals surface area contributed by atoms with Gasteiger partial charge in [-0.15, -0.1) is 0 Å². The first-order valence-electron chi connectivity index (χ1n) is 6.54. The maximum atomic E-state index is 13.4. The summed E-state index contributed by atoms with van der Waals surface area (Å²) in [6, 6.07) is 4.59. The summed E-state index contributed by atoms with van der Waals surface area (Å²) < 4.78 is 18.5. The Hall–Kier alpha value is -1.75. The number of aromatic nitrogens is 2. The lowest BCUT2D eigenvalue weighted by Gasteiger charge is -2.24. The third-order valence-electron chi connectivity index (χ3n) is 3.14. The highest BCUT2D eigenvalue weighted by atomic mass is 19.1. The summed E-state index contributed by atoms with van der Waals surface area (Å²) in [5, 5.41) is 13.9. The number of aliphatic hydroxyl groups excluding tert-OH is 1. The number of hydrogen-bond acceptors (Lipinski definition) is 4. The molecule has 0 aliphatic rings. The summed E-state index contributed by atoms with van der Waals surface area (Å²) in [7, 11) is 0. The van der Waals surface area contributed by atoms with Crippen molar-refractivity contribution in [1.82, 2.24) is 10.1 Å². The van der Waals surface area contributed by atoms with Gasteiger partial charge in [0, 0.05) is 5.56 Å². The number of aryl methyl sites for hydroxylation is 1. The van der Waals surface area contributed by atoms with E-state index in [-0.39, 0.29) is 17.7 Å². The molecule has 0 fully saturated rings. The fraction of sp³-hybridized carbons (Fsp3) is 0.467. The Morgan fingerprint density at radius 1 is 1.30 bits per heavy atom. The molecule has 0 saturated carbocycles. The van der Waals surface area contributed by atoms with Crippen LogP contribution in [0.4, 0.5) is 4.39 Å². The second kappa shape index (κ2) is 5.32. The van der Waals surface area contributed by atoms with Crippen molar-refractivity contribution >= 4 is 0 Å². The monoisotopic (exact) mass is 278 g/mol. The third kappa shape index (κ3) is 3.42. The van der Waals surface area contributed by atoms with E-state index in [4.69, 9.17) is 4.52 Å². The van der Waals surface area contributed by atoms with Crippen LogP contribution >= 0.6 is 0 Å². The molecule has 108 valence electrons. The first kappa shape index (κ1) is 14.7. The molecule has 1 heterocycles. The summed E-state index contributed by atoms with van der Waals surface area (Å²) in [6.45, 7) is 7.61. The minimum absolute atomic E-state index is 0.260. The molecule has 5 heteroatoms. The molecule has 2 aromatic rings. The molecule has 1 N–H and O–H groups in total. The van der Waals surface area contributed by atoms with Gasteiger partial charge in [0.2, 0.25) is 11.7 Å². The Labute approximate surface area is 117 Å². The zero-order chi connectivity index (χ0) is 14.9. The van der Waals surface area contributed by atoms with Gasteiger partial charge in [-0.3, -0.25) is 0 Å². The SMILES string of the molecule is Cc1cc(F)cc(-c2noc(CC(O)C(C)(C)C)n2)c1. The fourth-order valence-corrected chi connectivity index (χ4v) is 1.79. The van der Waals surface area contributed by atoms with E-state index in [0.717, 1.165) is 5.56 Å². The molecule has 20 heavy (non-hydrogen) atoms. The lowest BCUT2D eigenvalue weighted by Crippen LogP contribution is -2.28. The Morgan fingerprint density at radius 3 is 2.60 bits per heavy atom. The van der Waals surface area contributed by atoms with Gasteiger partial charge in [0.1, 0.15) is 5.82 Å². The highest BCUT2D eigenvalue weighted by Gasteiger charge is 2.24. The maximum absolute atomic E-state index is 13.4. The number of rotatable bonds is 3. The zero-order valence-electron chi connectivity index (χ0n) is 12.1. The van der Waals surface area contributed by atoms with Crippen molar-refractivity contribution in [3.8, 4) is 11.4 Å². The molecule has 1 aromatic heterocycles. The number of nitrogens with zero attached hydrogens (tertiary/aromatic N) is 2. The zero-order valence-corrected chi connectivity index (χ0v) is 12.1. The van der Waals surface area contributed by atoms with Gasteiger partial charge in [-0.25, -0.2) is 4.39 Å². The van der Waals surface area contributed by atoms with Gasteiger partial charge in [-0.1, -0.05) is 25.9 Å². The summed E-state index contributed by atoms with van der Waals surface area (Å²) >= 11 is 0. The lowest BCUT2D eigenvalue weighted by atomic mass is 9.87. The minimum atomic E-state index is -0.579. The van der Waals surface area contributed by atoms with Gasteiger partial charge >= 0.3 is 0 Å². The maximum Gasteiger partial charge on any atom is 0.229 e. The molecule has 0 amide bonds. The number of hydrogen-bond donors (Lipinski definition) is 1. The average molecular weight is 278 g/mol. The van der Waals surface area contributed by atoms with E-state index in [2.05, 4.69) is 10.1 Å². The fourth-order valence-electron chi connectivity index (χ4n) is 1.79. The van der Waals surface area contributed by atoms with Gasteiger partial charge in [0.25, 0.3) is 0 Å². The van der Waals surface area contributed by atoms with Gasteiger partial charge < -0.3 is 9.63 Å². The van der Waals surface area contributed by atoms with E-state index in [1.54, 1.807) is 13.0 Å². The second-order valence-electron chi connectivity index (χ2n) is 6.11. The normalized spacial score (nSPS) is 13.5. The molecule has 0 spiro atoms. The Balaban J connectivity index is 2.21. The first-order valence-corrected chi connectivity index (χ1v) is 6.54. The van der Waals surface area contributed by atoms with Crippen LogP contribution in [0.25, 0.3) is 11.4 Å². The Morgan fingerprint density at radius 2 is 2.00 bits per heavy atom. The molecule has 0 radical (unpaired) electrons. The van der Waals surface area contributed by atoms with Crippen molar-refractivity contribution in [3.05, 3.63) is 35.5 Å². The van der Waals surface area contributed by atoms with Crippen LogP contribution in [0, 0.1) is 18.2 Å². The molecular weight excluding hydrogens is 259 g/mol. The van der Waals surface area contributed by atoms with Crippen LogP contribution in [0.2, 0.25) is 0 Å². The van der Waals surface area contributed by atoms with Crippen LogP contribution in [0.1, 0.15) is 32.2 Å². The van der Waals surface area contributed by atoms with Crippen molar-refractivity contribution < 1.29 is 14.0 Å². The molecule has 4 nitrogen and oxygen atoms in total. The van der Waals surface area contributed by atoms with E-state index in [1.807, 2.05) is 20.8 Å². The summed E-state index contributed by atoms with van der Waals surface area (Å²) in [5.41, 5.74) is 1.10. The number of benzene rings is 1. The van der Waals surface area contributed by atoms with Crippen LogP contribution in [0.15, 0.2) is 22.7 Å². The largest absolute Gasteiger partial charge is 0.392 e. The van der Waals surface area contributed by atoms with Gasteiger partial charge in [0.05, 0.1) is 12.5 Å². The highest BCUT2D eigenvalue weighted by molar-refractivity contribution is 5.55. The molecule has 0 bridgehead atoms. The highest BCUT2D eigenvalue weighted by Crippen LogP contribution is 2.23. The van der Waals surface area contributed by atoms with Crippen LogP contribution in [-0.4, -0.2) is 21.4 Å². The van der Waals surface area contributed by atoms with E-state index in [0.29, 0.717) is 17.3 Å². The third-order valence-corrected chi connectivity index (χ3v) is 3.14. The quantitative estimate of drug-likeness (QED) is 0.937. The first-order chi connectivity index (χ1) is 9.25. The van der Waals surface area contributed by atoms with E-state index in [9.17, 15) is 9.50 Å². The predicted octanol–water partition coefficient (Wildman–Crippen LogP) is 3.13. The number of aliphatic hydroxyl groups is 1. The topological polar surface area (TPSA) is 59.2 Å². The second-order valence-corrected chi connectivity index (χ2v) is 6.11. The van der Waals surface area contributed by atoms with Crippen LogP contribution in [0.3, 0.4) is 0 Å². The van der Waals surface area contributed by atoms with Crippen molar-refractivity contribution in [2.24, 2.45) is 5.41 Å². The van der Waals surface area contributed by atoms with E-state index < -0.39 is 6.10 Å². The molecule has 1 atom stereocenters. The van der Waals surface area contributed by atoms with E-state index >= 15 is 0 Å². The summed E-state index contributed by atoms with van der Waals surface area (Å²) in [4.78, 5) is 4.21. The van der Waals surface area contributed by atoms with Crippen LogP contribution in [-0.2, 0) is 6.42 Å². The van der Waals surface area contributed by atoms with Gasteiger partial charge in [0.15, 0.2) is 0 Å². The molecule has 0 saturated heterocycles. The molecular formula is C15H19FN2O2. The Kier molecular flexibility index (Phi) is 3.90. The Bertz CT molecular complexity index is 582. The van der Waals surface area contributed by atoms with Gasteiger partial charge in [-0.2, -0.15) is 4.98 Å². The molecule has 0 aliphatic carbocycles. The molecule has 2 rings (SSSR count). The standard InChI is InChI=1S/C15H19FN2O2/c1-9-5-10(7-11(16)6-9)14-17-13(20-18-14)8-12(19)15(2,3)4/h5-7,12,19H,8H2,1-4H3. The predicted molar refractivity (Wildman–Crippen MR) is 73.6 cm³/mol. The average Bonchev–Trinajstić information content (AvgIpc) is 2.75.